The first-order valence-electron chi connectivity index (χ1n) is 8.17. The van der Waals surface area contributed by atoms with Crippen LogP contribution in [0.15, 0.2) is 16.9 Å². The monoisotopic (exact) mass is 370 g/mol. The molecule has 2 fully saturated rings. The third-order valence-corrected chi connectivity index (χ3v) is 6.57. The van der Waals surface area contributed by atoms with E-state index in [1.165, 1.54) is 20.7 Å². The summed E-state index contributed by atoms with van der Waals surface area (Å²) in [7, 11) is -1.52. The highest BCUT2D eigenvalue weighted by molar-refractivity contribution is 7.86. The number of hydrogen-bond donors (Lipinski definition) is 1. The van der Waals surface area contributed by atoms with Crippen molar-refractivity contribution in [2.75, 3.05) is 59.4 Å². The van der Waals surface area contributed by atoms with Crippen LogP contribution in [-0.4, -0.2) is 102 Å². The zero-order valence-electron chi connectivity index (χ0n) is 14.1. The van der Waals surface area contributed by atoms with Crippen LogP contribution in [0.5, 0.6) is 0 Å². The van der Waals surface area contributed by atoms with E-state index in [0.717, 1.165) is 13.1 Å². The molecule has 11 heteroatoms. The molecule has 0 aliphatic carbocycles. The minimum absolute atomic E-state index is 0.148. The van der Waals surface area contributed by atoms with Gasteiger partial charge in [0.05, 0.1) is 0 Å². The summed E-state index contributed by atoms with van der Waals surface area (Å²) in [6, 6.07) is 2.61. The molecular formula is C14H22N6O4S. The molecule has 3 rings (SSSR count). The lowest BCUT2D eigenvalue weighted by molar-refractivity contribution is 0.0685. The molecule has 10 nitrogen and oxygen atoms in total. The molecule has 2 saturated heterocycles. The third kappa shape index (κ3) is 3.89. The van der Waals surface area contributed by atoms with Gasteiger partial charge in [-0.1, -0.05) is 0 Å². The molecule has 1 aromatic heterocycles. The summed E-state index contributed by atoms with van der Waals surface area (Å²) in [5.74, 6) is -0.312. The van der Waals surface area contributed by atoms with Crippen molar-refractivity contribution in [1.29, 1.82) is 0 Å². The van der Waals surface area contributed by atoms with Crippen molar-refractivity contribution in [3.63, 3.8) is 0 Å². The van der Waals surface area contributed by atoms with Gasteiger partial charge >= 0.3 is 0 Å². The summed E-state index contributed by atoms with van der Waals surface area (Å²) in [5, 5.41) is 5.96. The standard InChI is InChI=1S/C14H22N6O4S/c1-17-4-8-19(9-5-17)25(23,24)20-10-6-18(7-11-20)14(22)12-2-3-13(21)16-15-12/h2-3H,4-11H2,1H3,(H,16,21). The maximum atomic E-state index is 12.7. The molecule has 0 bridgehead atoms. The molecule has 2 aliphatic heterocycles. The lowest BCUT2D eigenvalue weighted by Gasteiger charge is -2.38. The van der Waals surface area contributed by atoms with E-state index >= 15 is 0 Å². The number of aromatic amines is 1. The van der Waals surface area contributed by atoms with Crippen LogP contribution >= 0.6 is 0 Å². The van der Waals surface area contributed by atoms with Gasteiger partial charge in [-0.15, -0.1) is 0 Å². The molecule has 0 radical (unpaired) electrons. The number of aromatic nitrogens is 2. The number of likely N-dealkylation sites (N-methyl/N-ethyl adjacent to an activating group) is 1. The van der Waals surface area contributed by atoms with Gasteiger partial charge in [-0.3, -0.25) is 9.59 Å². The van der Waals surface area contributed by atoms with Crippen molar-refractivity contribution < 1.29 is 13.2 Å². The molecule has 1 N–H and O–H groups in total. The molecule has 0 atom stereocenters. The van der Waals surface area contributed by atoms with Crippen LogP contribution < -0.4 is 5.56 Å². The van der Waals surface area contributed by atoms with E-state index in [9.17, 15) is 18.0 Å². The summed E-state index contributed by atoms with van der Waals surface area (Å²) in [6.07, 6.45) is 0. The van der Waals surface area contributed by atoms with Crippen molar-refractivity contribution >= 4 is 16.1 Å². The Labute approximate surface area is 146 Å². The molecule has 0 spiro atoms. The second-order valence-corrected chi connectivity index (χ2v) is 8.14. The predicted molar refractivity (Wildman–Crippen MR) is 90.3 cm³/mol. The molecule has 0 saturated carbocycles. The van der Waals surface area contributed by atoms with E-state index in [-0.39, 0.29) is 30.2 Å². The van der Waals surface area contributed by atoms with E-state index in [2.05, 4.69) is 15.1 Å². The van der Waals surface area contributed by atoms with Crippen molar-refractivity contribution in [3.05, 3.63) is 28.2 Å². The first kappa shape index (κ1) is 18.0. The fourth-order valence-electron chi connectivity index (χ4n) is 2.93. The number of nitrogens with one attached hydrogen (secondary N) is 1. The number of amides is 1. The highest BCUT2D eigenvalue weighted by Gasteiger charge is 2.34. The topological polar surface area (TPSA) is 110 Å². The number of nitrogens with zero attached hydrogens (tertiary/aromatic N) is 5. The fourth-order valence-corrected chi connectivity index (χ4v) is 4.51. The Morgan fingerprint density at radius 1 is 1.00 bits per heavy atom. The van der Waals surface area contributed by atoms with Crippen molar-refractivity contribution in [1.82, 2.24) is 28.6 Å². The van der Waals surface area contributed by atoms with Gasteiger partial charge in [-0.2, -0.15) is 22.1 Å². The SMILES string of the molecule is CN1CCN(S(=O)(=O)N2CCN(C(=O)c3ccc(=O)[nH]n3)CC2)CC1. The van der Waals surface area contributed by atoms with E-state index < -0.39 is 10.2 Å². The molecule has 0 unspecified atom stereocenters. The summed E-state index contributed by atoms with van der Waals surface area (Å²) < 4.78 is 28.4. The summed E-state index contributed by atoms with van der Waals surface area (Å²) in [4.78, 5) is 27.0. The van der Waals surface area contributed by atoms with Crippen LogP contribution in [0.3, 0.4) is 0 Å². The van der Waals surface area contributed by atoms with Gasteiger partial charge < -0.3 is 9.80 Å². The number of H-pyrrole nitrogens is 1. The third-order valence-electron chi connectivity index (χ3n) is 4.54. The smallest absolute Gasteiger partial charge is 0.282 e. The average Bonchev–Trinajstić information content (AvgIpc) is 2.62. The molecule has 138 valence electrons. The summed E-state index contributed by atoms with van der Waals surface area (Å²) in [6.45, 7) is 3.51. The molecule has 1 amide bonds. The Kier molecular flexibility index (Phi) is 5.18. The van der Waals surface area contributed by atoms with Crippen molar-refractivity contribution in [2.45, 2.75) is 0 Å². The Morgan fingerprint density at radius 3 is 2.08 bits per heavy atom. The van der Waals surface area contributed by atoms with Crippen molar-refractivity contribution in [3.8, 4) is 0 Å². The van der Waals surface area contributed by atoms with E-state index in [4.69, 9.17) is 0 Å². The fraction of sp³-hybridized carbons (Fsp3) is 0.643. The van der Waals surface area contributed by atoms with Gasteiger partial charge in [0.25, 0.3) is 21.7 Å². The van der Waals surface area contributed by atoms with E-state index in [1.54, 1.807) is 4.90 Å². The lowest BCUT2D eigenvalue weighted by atomic mass is 10.3. The molecular weight excluding hydrogens is 348 g/mol. The molecule has 3 heterocycles. The summed E-state index contributed by atoms with van der Waals surface area (Å²) >= 11 is 0. The molecule has 0 aromatic carbocycles. The molecule has 1 aromatic rings. The second kappa shape index (κ2) is 7.20. The molecule has 2 aliphatic rings. The molecule has 25 heavy (non-hydrogen) atoms. The first-order chi connectivity index (χ1) is 11.9. The predicted octanol–water partition coefficient (Wildman–Crippen LogP) is -1.98. The van der Waals surface area contributed by atoms with Crippen LogP contribution in [0.4, 0.5) is 0 Å². The van der Waals surface area contributed by atoms with Gasteiger partial charge in [0.1, 0.15) is 5.69 Å². The minimum Gasteiger partial charge on any atom is -0.335 e. The van der Waals surface area contributed by atoms with Crippen LogP contribution in [0, 0.1) is 0 Å². The van der Waals surface area contributed by atoms with Gasteiger partial charge in [-0.25, -0.2) is 5.10 Å². The number of hydrogen-bond acceptors (Lipinski definition) is 6. The van der Waals surface area contributed by atoms with Crippen molar-refractivity contribution in [2.24, 2.45) is 0 Å². The van der Waals surface area contributed by atoms with E-state index in [0.29, 0.717) is 26.2 Å². The zero-order valence-corrected chi connectivity index (χ0v) is 14.9. The van der Waals surface area contributed by atoms with Gasteiger partial charge in [0.15, 0.2) is 0 Å². The first-order valence-corrected chi connectivity index (χ1v) is 9.56. The van der Waals surface area contributed by atoms with Crippen LogP contribution in [0.2, 0.25) is 0 Å². The Bertz CT molecular complexity index is 758. The number of piperazine rings is 2. The Balaban J connectivity index is 1.60. The van der Waals surface area contributed by atoms with Gasteiger partial charge in [0, 0.05) is 58.4 Å². The lowest BCUT2D eigenvalue weighted by Crippen LogP contribution is -2.57. The van der Waals surface area contributed by atoms with E-state index in [1.807, 2.05) is 7.05 Å². The average molecular weight is 370 g/mol. The number of carbonyl (C=O) groups excluding carboxylic acids is 1. The second-order valence-electron chi connectivity index (χ2n) is 6.21. The summed E-state index contributed by atoms with van der Waals surface area (Å²) in [5.41, 5.74) is -0.227. The van der Waals surface area contributed by atoms with Crippen LogP contribution in [0.1, 0.15) is 10.5 Å². The number of rotatable bonds is 3. The Hall–Kier alpha value is -1.82. The normalized spacial score (nSPS) is 21.4. The zero-order chi connectivity index (χ0) is 18.0. The minimum atomic E-state index is -3.49. The maximum Gasteiger partial charge on any atom is 0.282 e. The van der Waals surface area contributed by atoms with Gasteiger partial charge in [-0.05, 0) is 13.1 Å². The highest BCUT2D eigenvalue weighted by Crippen LogP contribution is 2.15. The number of carbonyl (C=O) groups is 1. The van der Waals surface area contributed by atoms with Gasteiger partial charge in [0.2, 0.25) is 0 Å². The van der Waals surface area contributed by atoms with Crippen LogP contribution in [0.25, 0.3) is 0 Å². The van der Waals surface area contributed by atoms with Crippen LogP contribution in [-0.2, 0) is 10.2 Å². The maximum absolute atomic E-state index is 12.7. The quantitative estimate of drug-likeness (QED) is 0.660. The highest BCUT2D eigenvalue weighted by atomic mass is 32.2. The largest absolute Gasteiger partial charge is 0.335 e. The Morgan fingerprint density at radius 2 is 1.56 bits per heavy atom.